The fourth-order valence-corrected chi connectivity index (χ4v) is 1.05. The summed E-state index contributed by atoms with van der Waals surface area (Å²) in [5.41, 5.74) is 0.791. The zero-order valence-electron chi connectivity index (χ0n) is 6.75. The highest BCUT2D eigenvalue weighted by Gasteiger charge is 2.01. The van der Waals surface area contributed by atoms with Crippen molar-refractivity contribution in [3.05, 3.63) is 29.3 Å². The van der Waals surface area contributed by atoms with Gasteiger partial charge >= 0.3 is 0 Å². The molecule has 64 valence electrons. The molecule has 1 atom stereocenters. The quantitative estimate of drug-likeness (QED) is 0.729. The van der Waals surface area contributed by atoms with E-state index in [2.05, 4.69) is 5.32 Å². The molecule has 0 unspecified atom stereocenters. The van der Waals surface area contributed by atoms with Crippen molar-refractivity contribution < 1.29 is 4.79 Å². The molecular weight excluding hydrogens is 174 g/mol. The van der Waals surface area contributed by atoms with Crippen LogP contribution in [0.25, 0.3) is 0 Å². The van der Waals surface area contributed by atoms with Gasteiger partial charge in [0.1, 0.15) is 6.29 Å². The van der Waals surface area contributed by atoms with Crippen molar-refractivity contribution >= 4 is 23.6 Å². The molecule has 0 saturated heterocycles. The van der Waals surface area contributed by atoms with Gasteiger partial charge in [0.2, 0.25) is 0 Å². The van der Waals surface area contributed by atoms with Gasteiger partial charge in [-0.15, -0.1) is 0 Å². The Bertz CT molecular complexity index is 275. The van der Waals surface area contributed by atoms with Crippen LogP contribution in [0.15, 0.2) is 24.3 Å². The van der Waals surface area contributed by atoms with Crippen LogP contribution >= 0.6 is 11.6 Å². The third-order valence-electron chi connectivity index (χ3n) is 1.46. The van der Waals surface area contributed by atoms with E-state index in [1.807, 2.05) is 18.2 Å². The van der Waals surface area contributed by atoms with Crippen LogP contribution in [0.1, 0.15) is 6.92 Å². The maximum absolute atomic E-state index is 10.3. The Labute approximate surface area is 76.5 Å². The number of hydrogen-bond donors (Lipinski definition) is 1. The standard InChI is InChI=1S/C9H10ClNO/c1-7(6-12)11-9-5-3-2-4-8(9)10/h2-7,11H,1H3/t7-/m0/s1. The van der Waals surface area contributed by atoms with E-state index in [4.69, 9.17) is 11.6 Å². The topological polar surface area (TPSA) is 29.1 Å². The van der Waals surface area contributed by atoms with Gasteiger partial charge in [0.05, 0.1) is 16.8 Å². The maximum atomic E-state index is 10.3. The van der Waals surface area contributed by atoms with E-state index in [9.17, 15) is 4.79 Å². The predicted molar refractivity (Wildman–Crippen MR) is 50.6 cm³/mol. The van der Waals surface area contributed by atoms with Gasteiger partial charge in [-0.1, -0.05) is 23.7 Å². The van der Waals surface area contributed by atoms with Crippen LogP contribution in [0.4, 0.5) is 5.69 Å². The Balaban J connectivity index is 2.75. The van der Waals surface area contributed by atoms with Gasteiger partial charge in [-0.25, -0.2) is 0 Å². The summed E-state index contributed by atoms with van der Waals surface area (Å²) in [4.78, 5) is 10.3. The summed E-state index contributed by atoms with van der Waals surface area (Å²) in [6.45, 7) is 1.77. The number of anilines is 1. The second-order valence-electron chi connectivity index (χ2n) is 2.55. The van der Waals surface area contributed by atoms with Crippen molar-refractivity contribution in [2.24, 2.45) is 0 Å². The number of halogens is 1. The number of para-hydroxylation sites is 1. The average molecular weight is 184 g/mol. The molecule has 0 aliphatic heterocycles. The molecule has 0 amide bonds. The Kier molecular flexibility index (Phi) is 3.11. The first-order valence-electron chi connectivity index (χ1n) is 3.70. The predicted octanol–water partition coefficient (Wildman–Crippen LogP) is 2.34. The van der Waals surface area contributed by atoms with Gasteiger partial charge in [0.15, 0.2) is 0 Å². The molecule has 0 aliphatic rings. The minimum absolute atomic E-state index is 0.204. The van der Waals surface area contributed by atoms with E-state index < -0.39 is 0 Å². The van der Waals surface area contributed by atoms with Crippen LogP contribution in [0.2, 0.25) is 5.02 Å². The SMILES string of the molecule is C[C@@H](C=O)Nc1ccccc1Cl. The number of benzene rings is 1. The Morgan fingerprint density at radius 1 is 1.50 bits per heavy atom. The van der Waals surface area contributed by atoms with Crippen LogP contribution in [-0.2, 0) is 4.79 Å². The number of carbonyl (C=O) groups is 1. The van der Waals surface area contributed by atoms with Crippen LogP contribution in [0.3, 0.4) is 0 Å². The number of aldehydes is 1. The Morgan fingerprint density at radius 3 is 2.75 bits per heavy atom. The minimum atomic E-state index is -0.204. The van der Waals surface area contributed by atoms with Gasteiger partial charge in [0.25, 0.3) is 0 Å². The van der Waals surface area contributed by atoms with Gasteiger partial charge < -0.3 is 10.1 Å². The molecule has 1 rings (SSSR count). The summed E-state index contributed by atoms with van der Waals surface area (Å²) in [5, 5.41) is 3.59. The van der Waals surface area contributed by atoms with Crippen molar-refractivity contribution in [3.8, 4) is 0 Å². The molecule has 0 bridgehead atoms. The zero-order chi connectivity index (χ0) is 8.97. The number of hydrogen-bond acceptors (Lipinski definition) is 2. The lowest BCUT2D eigenvalue weighted by Crippen LogP contribution is -2.16. The first kappa shape index (κ1) is 9.07. The molecule has 0 radical (unpaired) electrons. The molecule has 3 heteroatoms. The summed E-state index contributed by atoms with van der Waals surface area (Å²) in [5.74, 6) is 0. The van der Waals surface area contributed by atoms with Crippen LogP contribution in [-0.4, -0.2) is 12.3 Å². The van der Waals surface area contributed by atoms with Crippen molar-refractivity contribution in [2.45, 2.75) is 13.0 Å². The van der Waals surface area contributed by atoms with E-state index in [0.717, 1.165) is 12.0 Å². The van der Waals surface area contributed by atoms with Crippen molar-refractivity contribution in [2.75, 3.05) is 5.32 Å². The van der Waals surface area contributed by atoms with Gasteiger partial charge in [0, 0.05) is 0 Å². The Hall–Kier alpha value is -1.02. The maximum Gasteiger partial charge on any atom is 0.141 e. The smallest absolute Gasteiger partial charge is 0.141 e. The Morgan fingerprint density at radius 2 is 2.17 bits per heavy atom. The average Bonchev–Trinajstić information content (AvgIpc) is 2.09. The van der Waals surface area contributed by atoms with Crippen LogP contribution in [0.5, 0.6) is 0 Å². The third kappa shape index (κ3) is 2.24. The van der Waals surface area contributed by atoms with Crippen molar-refractivity contribution in [1.29, 1.82) is 0 Å². The lowest BCUT2D eigenvalue weighted by molar-refractivity contribution is -0.108. The monoisotopic (exact) mass is 183 g/mol. The molecule has 0 saturated carbocycles. The van der Waals surface area contributed by atoms with Crippen LogP contribution < -0.4 is 5.32 Å². The minimum Gasteiger partial charge on any atom is -0.375 e. The molecule has 1 aromatic rings. The van der Waals surface area contributed by atoms with E-state index >= 15 is 0 Å². The molecule has 1 N–H and O–H groups in total. The largest absolute Gasteiger partial charge is 0.375 e. The number of rotatable bonds is 3. The summed E-state index contributed by atoms with van der Waals surface area (Å²) in [6.07, 6.45) is 0.837. The van der Waals surface area contributed by atoms with Gasteiger partial charge in [-0.05, 0) is 19.1 Å². The molecule has 0 heterocycles. The highest BCUT2D eigenvalue weighted by atomic mass is 35.5. The lowest BCUT2D eigenvalue weighted by atomic mass is 10.3. The lowest BCUT2D eigenvalue weighted by Gasteiger charge is -2.09. The highest BCUT2D eigenvalue weighted by molar-refractivity contribution is 6.33. The number of nitrogens with one attached hydrogen (secondary N) is 1. The second-order valence-corrected chi connectivity index (χ2v) is 2.96. The zero-order valence-corrected chi connectivity index (χ0v) is 7.51. The van der Waals surface area contributed by atoms with Crippen molar-refractivity contribution in [1.82, 2.24) is 0 Å². The fourth-order valence-electron chi connectivity index (χ4n) is 0.858. The van der Waals surface area contributed by atoms with Gasteiger partial charge in [-0.2, -0.15) is 0 Å². The molecule has 0 aromatic heterocycles. The normalized spacial score (nSPS) is 12.2. The molecule has 2 nitrogen and oxygen atoms in total. The molecule has 0 aliphatic carbocycles. The molecule has 0 spiro atoms. The molecular formula is C9H10ClNO. The first-order chi connectivity index (χ1) is 5.74. The number of carbonyl (C=O) groups excluding carboxylic acids is 1. The first-order valence-corrected chi connectivity index (χ1v) is 4.08. The molecule has 12 heavy (non-hydrogen) atoms. The van der Waals surface area contributed by atoms with E-state index in [1.165, 1.54) is 0 Å². The highest BCUT2D eigenvalue weighted by Crippen LogP contribution is 2.20. The fraction of sp³-hybridized carbons (Fsp3) is 0.222. The molecule has 0 fully saturated rings. The van der Waals surface area contributed by atoms with E-state index in [-0.39, 0.29) is 6.04 Å². The summed E-state index contributed by atoms with van der Waals surface area (Å²) >= 11 is 5.85. The summed E-state index contributed by atoms with van der Waals surface area (Å²) in [6, 6.07) is 7.12. The van der Waals surface area contributed by atoms with Crippen molar-refractivity contribution in [3.63, 3.8) is 0 Å². The molecule has 1 aromatic carbocycles. The summed E-state index contributed by atoms with van der Waals surface area (Å²) < 4.78 is 0. The second kappa shape index (κ2) is 4.12. The van der Waals surface area contributed by atoms with Crippen LogP contribution in [0, 0.1) is 0 Å². The van der Waals surface area contributed by atoms with E-state index in [0.29, 0.717) is 5.02 Å². The van der Waals surface area contributed by atoms with Gasteiger partial charge in [-0.3, -0.25) is 0 Å². The van der Waals surface area contributed by atoms with E-state index in [1.54, 1.807) is 13.0 Å². The summed E-state index contributed by atoms with van der Waals surface area (Å²) in [7, 11) is 0. The third-order valence-corrected chi connectivity index (χ3v) is 1.79.